The van der Waals surface area contributed by atoms with Crippen LogP contribution in [0, 0.1) is 0 Å². The van der Waals surface area contributed by atoms with E-state index in [1.54, 1.807) is 30.3 Å². The van der Waals surface area contributed by atoms with Gasteiger partial charge in [-0.2, -0.15) is 0 Å². The van der Waals surface area contributed by atoms with E-state index >= 15 is 0 Å². The topological polar surface area (TPSA) is 13.1 Å². The van der Waals surface area contributed by atoms with E-state index in [2.05, 4.69) is 0 Å². The van der Waals surface area contributed by atoms with Gasteiger partial charge in [0.2, 0.25) is 0 Å². The van der Waals surface area contributed by atoms with Gasteiger partial charge in [0.1, 0.15) is 11.2 Å². The van der Waals surface area contributed by atoms with E-state index in [0.29, 0.717) is 27.9 Å². The van der Waals surface area contributed by atoms with Crippen LogP contribution >= 0.6 is 0 Å². The fourth-order valence-corrected chi connectivity index (χ4v) is 5.47. The monoisotopic (exact) mass is 478 g/mol. The van der Waals surface area contributed by atoms with Gasteiger partial charge < -0.3 is 4.42 Å². The molecule has 0 unspecified atom stereocenters. The Bertz CT molecular complexity index is 2490. The van der Waals surface area contributed by atoms with Crippen molar-refractivity contribution in [1.29, 1.82) is 0 Å². The summed E-state index contributed by atoms with van der Waals surface area (Å²) >= 11 is 0. The van der Waals surface area contributed by atoms with Gasteiger partial charge in [-0.15, -0.1) is 0 Å². The lowest BCUT2D eigenvalue weighted by Crippen LogP contribution is -1.90. The summed E-state index contributed by atoms with van der Waals surface area (Å²) in [6.07, 6.45) is 0. The second-order valence-corrected chi connectivity index (χ2v) is 9.10. The van der Waals surface area contributed by atoms with Gasteiger partial charge in [-0.05, 0) is 55.6 Å². The first-order valence-corrected chi connectivity index (χ1v) is 12.0. The van der Waals surface area contributed by atoms with E-state index in [0.717, 1.165) is 21.5 Å². The number of rotatable bonds is 2. The maximum Gasteiger partial charge on any atom is 0.143 e. The van der Waals surface area contributed by atoms with Crippen LogP contribution < -0.4 is 0 Å². The Kier molecular flexibility index (Phi) is 2.96. The molecular weight excluding hydrogens is 448 g/mol. The van der Waals surface area contributed by atoms with Crippen molar-refractivity contribution >= 4 is 54.3 Å². The van der Waals surface area contributed by atoms with E-state index in [-0.39, 0.29) is 51.3 Å². The summed E-state index contributed by atoms with van der Waals surface area (Å²) < 4.78 is 77.5. The molecule has 0 saturated heterocycles. The fraction of sp³-hybridized carbons (Fsp3) is 0. The SMILES string of the molecule is [2H]c1c([2H])c([2H])c2c(-c3cccc4c3oc3cc5ccccc5cc34)c3c([2H])c([2H])c([2H])c([2H])c3c(-c3ccccc3)c2c1[2H]. The van der Waals surface area contributed by atoms with Crippen LogP contribution in [0.2, 0.25) is 0 Å². The molecule has 0 amide bonds. The predicted octanol–water partition coefficient (Wildman–Crippen LogP) is 10.4. The van der Waals surface area contributed by atoms with Crippen LogP contribution in [0.4, 0.5) is 0 Å². The van der Waals surface area contributed by atoms with Crippen LogP contribution in [0.1, 0.15) is 11.0 Å². The first-order valence-electron chi connectivity index (χ1n) is 16.0. The summed E-state index contributed by atoms with van der Waals surface area (Å²) in [6, 6.07) is 23.5. The molecule has 0 N–H and O–H groups in total. The van der Waals surface area contributed by atoms with Crippen molar-refractivity contribution in [2.24, 2.45) is 0 Å². The Balaban J connectivity index is 1.68. The highest BCUT2D eigenvalue weighted by Gasteiger charge is 2.20. The lowest BCUT2D eigenvalue weighted by Gasteiger charge is -2.17. The average molecular weight is 479 g/mol. The van der Waals surface area contributed by atoms with Crippen molar-refractivity contribution in [3.05, 3.63) is 133 Å². The molecule has 0 bridgehead atoms. The van der Waals surface area contributed by atoms with Crippen LogP contribution in [-0.4, -0.2) is 0 Å². The molecular formula is C36H22O. The minimum absolute atomic E-state index is 0.163. The second-order valence-electron chi connectivity index (χ2n) is 9.10. The molecule has 0 fully saturated rings. The van der Waals surface area contributed by atoms with Gasteiger partial charge in [0, 0.05) is 21.9 Å². The van der Waals surface area contributed by atoms with Gasteiger partial charge in [-0.3, -0.25) is 0 Å². The highest BCUT2D eigenvalue weighted by atomic mass is 16.3. The van der Waals surface area contributed by atoms with Gasteiger partial charge in [0.25, 0.3) is 0 Å². The van der Waals surface area contributed by atoms with Crippen LogP contribution in [0.25, 0.3) is 76.5 Å². The van der Waals surface area contributed by atoms with Crippen molar-refractivity contribution in [1.82, 2.24) is 0 Å². The average Bonchev–Trinajstić information content (AvgIpc) is 3.43. The number of hydrogen-bond donors (Lipinski definition) is 0. The molecule has 8 aromatic rings. The first-order chi connectivity index (χ1) is 21.7. The van der Waals surface area contributed by atoms with Crippen molar-refractivity contribution in [3.63, 3.8) is 0 Å². The molecule has 0 spiro atoms. The van der Waals surface area contributed by atoms with E-state index in [4.69, 9.17) is 12.6 Å². The van der Waals surface area contributed by atoms with E-state index < -0.39 is 24.2 Å². The summed E-state index contributed by atoms with van der Waals surface area (Å²) in [6.45, 7) is 0. The van der Waals surface area contributed by atoms with Gasteiger partial charge in [-0.25, -0.2) is 0 Å². The van der Waals surface area contributed by atoms with Gasteiger partial charge in [0.05, 0.1) is 11.0 Å². The third-order valence-corrected chi connectivity index (χ3v) is 7.07. The van der Waals surface area contributed by atoms with Gasteiger partial charge in [0.15, 0.2) is 0 Å². The smallest absolute Gasteiger partial charge is 0.143 e. The Labute approximate surface area is 225 Å². The van der Waals surface area contributed by atoms with E-state index in [1.165, 1.54) is 0 Å². The first kappa shape index (κ1) is 14.0. The highest BCUT2D eigenvalue weighted by Crippen LogP contribution is 2.46. The lowest BCUT2D eigenvalue weighted by atomic mass is 9.85. The zero-order chi connectivity index (χ0) is 31.3. The van der Waals surface area contributed by atoms with Crippen molar-refractivity contribution < 1.29 is 15.4 Å². The number of fused-ring (bicyclic) bond motifs is 6. The third kappa shape index (κ3) is 2.98. The quantitative estimate of drug-likeness (QED) is 0.225. The zero-order valence-electron chi connectivity index (χ0n) is 27.5. The number of para-hydroxylation sites is 1. The number of furan rings is 1. The van der Waals surface area contributed by atoms with Crippen LogP contribution in [0.15, 0.2) is 138 Å². The van der Waals surface area contributed by atoms with E-state index in [9.17, 15) is 2.74 Å². The molecule has 1 heteroatoms. The number of benzene rings is 7. The van der Waals surface area contributed by atoms with Gasteiger partial charge in [-0.1, -0.05) is 121 Å². The summed E-state index contributed by atoms with van der Waals surface area (Å²) in [5, 5.41) is 4.36. The third-order valence-electron chi connectivity index (χ3n) is 7.07. The molecule has 0 atom stereocenters. The molecule has 0 aliphatic rings. The molecule has 1 heterocycles. The maximum absolute atomic E-state index is 9.17. The van der Waals surface area contributed by atoms with Crippen LogP contribution in [0.3, 0.4) is 0 Å². The summed E-state index contributed by atoms with van der Waals surface area (Å²) in [4.78, 5) is 0. The largest absolute Gasteiger partial charge is 0.455 e. The van der Waals surface area contributed by atoms with Crippen LogP contribution in [-0.2, 0) is 0 Å². The zero-order valence-corrected chi connectivity index (χ0v) is 19.5. The Morgan fingerprint density at radius 2 is 1.08 bits per heavy atom. The van der Waals surface area contributed by atoms with Crippen molar-refractivity contribution in [2.45, 2.75) is 0 Å². The Morgan fingerprint density at radius 3 is 1.76 bits per heavy atom. The molecule has 1 nitrogen and oxygen atoms in total. The molecule has 8 rings (SSSR count). The predicted molar refractivity (Wildman–Crippen MR) is 157 cm³/mol. The Morgan fingerprint density at radius 1 is 0.486 bits per heavy atom. The van der Waals surface area contributed by atoms with E-state index in [1.807, 2.05) is 54.6 Å². The summed E-state index contributed by atoms with van der Waals surface area (Å²) in [7, 11) is 0. The highest BCUT2D eigenvalue weighted by molar-refractivity contribution is 6.24. The fourth-order valence-electron chi connectivity index (χ4n) is 5.47. The standard InChI is InChI=1S/C36H22O/c1-2-11-23(12-3-1)34-26-15-6-8-17-28(26)35(29-18-9-7-16-27(29)34)31-20-10-19-30-32-21-24-13-4-5-14-25(24)22-33(32)37-36(30)31/h1-22H/i6D,7D,8D,9D,15D,16D,17D,18D. The van der Waals surface area contributed by atoms with Crippen LogP contribution in [0.5, 0.6) is 0 Å². The number of hydrogen-bond acceptors (Lipinski definition) is 1. The van der Waals surface area contributed by atoms with Crippen molar-refractivity contribution in [2.75, 3.05) is 0 Å². The van der Waals surface area contributed by atoms with Gasteiger partial charge >= 0.3 is 0 Å². The second kappa shape index (κ2) is 7.81. The minimum atomic E-state index is -0.434. The summed E-state index contributed by atoms with van der Waals surface area (Å²) in [5.74, 6) is 0. The van der Waals surface area contributed by atoms with Crippen molar-refractivity contribution in [3.8, 4) is 22.3 Å². The Hall–Kier alpha value is -4.88. The molecule has 7 aromatic carbocycles. The minimum Gasteiger partial charge on any atom is -0.455 e. The molecule has 1 aromatic heterocycles. The molecule has 0 aliphatic heterocycles. The molecule has 37 heavy (non-hydrogen) atoms. The summed E-state index contributed by atoms with van der Waals surface area (Å²) in [5.41, 5.74) is 2.73. The normalized spacial score (nSPS) is 14.8. The lowest BCUT2D eigenvalue weighted by molar-refractivity contribution is 0.670. The molecule has 0 saturated carbocycles. The maximum atomic E-state index is 9.17. The molecule has 172 valence electrons. The molecule has 0 radical (unpaired) electrons. The molecule has 0 aliphatic carbocycles.